The number of hydrogen-bond donors (Lipinski definition) is 0. The Morgan fingerprint density at radius 2 is 0.818 bits per heavy atom. The molecule has 0 atom stereocenters. The van der Waals surface area contributed by atoms with Crippen molar-refractivity contribution in [2.45, 2.75) is 58.3 Å². The van der Waals surface area contributed by atoms with Crippen molar-refractivity contribution in [1.29, 1.82) is 0 Å². The fraction of sp³-hybridized carbons (Fsp3) is 0.758. The van der Waals surface area contributed by atoms with Gasteiger partial charge in [0.15, 0.2) is 0 Å². The van der Waals surface area contributed by atoms with Gasteiger partial charge in [0.2, 0.25) is 0 Å². The van der Waals surface area contributed by atoms with Crippen LogP contribution in [0.25, 0.3) is 0 Å². The van der Waals surface area contributed by atoms with Crippen LogP contribution in [0.15, 0.2) is 30.3 Å². The number of esters is 2. The molecule has 0 spiro atoms. The fourth-order valence-electron chi connectivity index (χ4n) is 3.79. The predicted molar refractivity (Wildman–Crippen MR) is 166 cm³/mol. The molecular weight excluding hydrogens is 572 g/mol. The lowest BCUT2D eigenvalue weighted by atomic mass is 10.1. The van der Waals surface area contributed by atoms with E-state index in [1.807, 2.05) is 6.07 Å². The zero-order valence-corrected chi connectivity index (χ0v) is 26.8. The molecule has 1 rings (SSSR count). The van der Waals surface area contributed by atoms with Gasteiger partial charge in [0.05, 0.1) is 98.1 Å². The fourth-order valence-corrected chi connectivity index (χ4v) is 3.79. The smallest absolute Gasteiger partial charge is 0.338 e. The van der Waals surface area contributed by atoms with Crippen molar-refractivity contribution in [1.82, 2.24) is 0 Å². The van der Waals surface area contributed by atoms with Crippen molar-refractivity contribution in [3.8, 4) is 0 Å². The molecule has 0 unspecified atom stereocenters. The summed E-state index contributed by atoms with van der Waals surface area (Å²) in [6.45, 7) is 9.00. The number of carbonyl (C=O) groups excluding carboxylic acids is 2. The summed E-state index contributed by atoms with van der Waals surface area (Å²) in [5.41, 5.74) is 0.525. The molecular formula is C33H56O11. The number of hydrogen-bond acceptors (Lipinski definition) is 11. The third kappa shape index (κ3) is 27.4. The summed E-state index contributed by atoms with van der Waals surface area (Å²) in [5.74, 6) is -0.501. The Morgan fingerprint density at radius 3 is 1.25 bits per heavy atom. The first-order valence-electron chi connectivity index (χ1n) is 16.2. The summed E-state index contributed by atoms with van der Waals surface area (Å²) in [4.78, 5) is 23.5. The van der Waals surface area contributed by atoms with E-state index in [4.69, 9.17) is 42.6 Å². The molecule has 254 valence electrons. The highest BCUT2D eigenvalue weighted by atomic mass is 16.6. The normalized spacial score (nSPS) is 11.1. The largest absolute Gasteiger partial charge is 0.463 e. The van der Waals surface area contributed by atoms with Crippen molar-refractivity contribution in [2.75, 3.05) is 106 Å². The van der Waals surface area contributed by atoms with Crippen LogP contribution in [0.4, 0.5) is 0 Å². The minimum atomic E-state index is -0.357. The molecule has 11 nitrogen and oxygen atoms in total. The Hall–Kier alpha value is -2.12. The van der Waals surface area contributed by atoms with Gasteiger partial charge < -0.3 is 42.6 Å². The summed E-state index contributed by atoms with van der Waals surface area (Å²) in [5, 5.41) is 0. The molecule has 0 saturated heterocycles. The van der Waals surface area contributed by atoms with E-state index in [1.165, 1.54) is 32.1 Å². The predicted octanol–water partition coefficient (Wildman–Crippen LogP) is 4.64. The van der Waals surface area contributed by atoms with Crippen molar-refractivity contribution in [3.05, 3.63) is 35.9 Å². The van der Waals surface area contributed by atoms with Gasteiger partial charge in [-0.25, -0.2) is 4.79 Å². The average molecular weight is 629 g/mol. The highest BCUT2D eigenvalue weighted by molar-refractivity contribution is 5.89. The second-order valence-electron chi connectivity index (χ2n) is 9.88. The lowest BCUT2D eigenvalue weighted by molar-refractivity contribution is -0.145. The molecule has 1 aromatic rings. The van der Waals surface area contributed by atoms with E-state index >= 15 is 0 Å². The van der Waals surface area contributed by atoms with E-state index < -0.39 is 0 Å². The van der Waals surface area contributed by atoms with Gasteiger partial charge in [-0.15, -0.1) is 0 Å². The summed E-state index contributed by atoms with van der Waals surface area (Å²) >= 11 is 0. The molecule has 0 saturated carbocycles. The molecule has 0 aliphatic rings. The third-order valence-corrected chi connectivity index (χ3v) is 6.18. The SMILES string of the molecule is CCCCCCCCCC(=O)OCCOCCOCCOCCOCCOCCOCCOCCOC(=O)c1ccccc1. The summed E-state index contributed by atoms with van der Waals surface area (Å²) < 4.78 is 48.4. The van der Waals surface area contributed by atoms with Gasteiger partial charge in [0, 0.05) is 6.42 Å². The molecule has 0 aromatic heterocycles. The molecule has 0 heterocycles. The van der Waals surface area contributed by atoms with Crippen molar-refractivity contribution in [3.63, 3.8) is 0 Å². The van der Waals surface area contributed by atoms with Gasteiger partial charge in [0.1, 0.15) is 13.2 Å². The molecule has 11 heteroatoms. The molecule has 44 heavy (non-hydrogen) atoms. The Morgan fingerprint density at radius 1 is 0.455 bits per heavy atom. The Balaban J connectivity index is 1.67. The van der Waals surface area contributed by atoms with E-state index in [0.717, 1.165) is 12.8 Å². The highest BCUT2D eigenvalue weighted by Gasteiger charge is 2.05. The maximum atomic E-state index is 11.8. The van der Waals surface area contributed by atoms with Crippen LogP contribution >= 0.6 is 0 Å². The van der Waals surface area contributed by atoms with Crippen LogP contribution in [-0.4, -0.2) is 118 Å². The molecule has 0 bridgehead atoms. The second-order valence-corrected chi connectivity index (χ2v) is 9.88. The number of rotatable bonds is 33. The second kappa shape index (κ2) is 32.3. The van der Waals surface area contributed by atoms with Gasteiger partial charge in [-0.2, -0.15) is 0 Å². The maximum Gasteiger partial charge on any atom is 0.338 e. The molecule has 1 aromatic carbocycles. The van der Waals surface area contributed by atoms with Crippen LogP contribution in [-0.2, 0) is 47.4 Å². The van der Waals surface area contributed by atoms with Crippen LogP contribution in [0, 0.1) is 0 Å². The number of unbranched alkanes of at least 4 members (excludes halogenated alkanes) is 6. The number of benzene rings is 1. The number of carbonyl (C=O) groups is 2. The van der Waals surface area contributed by atoms with Crippen LogP contribution in [0.3, 0.4) is 0 Å². The van der Waals surface area contributed by atoms with Crippen LogP contribution in [0.1, 0.15) is 68.6 Å². The van der Waals surface area contributed by atoms with E-state index in [2.05, 4.69) is 6.92 Å². The van der Waals surface area contributed by atoms with E-state index in [1.54, 1.807) is 24.3 Å². The van der Waals surface area contributed by atoms with Crippen molar-refractivity contribution < 1.29 is 52.2 Å². The molecule has 0 amide bonds. The van der Waals surface area contributed by atoms with Gasteiger partial charge in [-0.1, -0.05) is 63.6 Å². The van der Waals surface area contributed by atoms with E-state index in [9.17, 15) is 9.59 Å². The molecule has 0 fully saturated rings. The summed E-state index contributed by atoms with van der Waals surface area (Å²) in [6, 6.07) is 8.85. The first-order valence-corrected chi connectivity index (χ1v) is 16.2. The summed E-state index contributed by atoms with van der Waals surface area (Å²) in [7, 11) is 0. The van der Waals surface area contributed by atoms with E-state index in [-0.39, 0.29) is 25.2 Å². The summed E-state index contributed by atoms with van der Waals surface area (Å²) in [6.07, 6.45) is 8.78. The quantitative estimate of drug-likeness (QED) is 0.0800. The monoisotopic (exact) mass is 628 g/mol. The first kappa shape index (κ1) is 39.9. The molecule has 0 radical (unpaired) electrons. The van der Waals surface area contributed by atoms with Gasteiger partial charge in [0.25, 0.3) is 0 Å². The Bertz CT molecular complexity index is 763. The van der Waals surface area contributed by atoms with Crippen molar-refractivity contribution >= 4 is 11.9 Å². The Kier molecular flexibility index (Phi) is 29.3. The topological polar surface area (TPSA) is 117 Å². The lowest BCUT2D eigenvalue weighted by Gasteiger charge is -2.09. The Labute approximate surface area is 264 Å². The van der Waals surface area contributed by atoms with Crippen LogP contribution in [0.2, 0.25) is 0 Å². The van der Waals surface area contributed by atoms with Crippen LogP contribution in [0.5, 0.6) is 0 Å². The standard InChI is InChI=1S/C33H56O11/c1-2-3-4-5-6-7-11-14-32(34)43-29-27-41-25-23-39-21-19-37-17-15-36-16-18-38-20-22-40-24-26-42-28-30-44-33(35)31-12-9-8-10-13-31/h8-10,12-13H,2-7,11,14-30H2,1H3. The molecule has 0 aliphatic heterocycles. The third-order valence-electron chi connectivity index (χ3n) is 6.18. The van der Waals surface area contributed by atoms with Gasteiger partial charge in [-0.3, -0.25) is 4.79 Å². The minimum absolute atomic E-state index is 0.144. The zero-order chi connectivity index (χ0) is 31.6. The maximum absolute atomic E-state index is 11.8. The lowest BCUT2D eigenvalue weighted by Crippen LogP contribution is -2.15. The molecule has 0 aliphatic carbocycles. The van der Waals surface area contributed by atoms with Gasteiger partial charge >= 0.3 is 11.9 Å². The van der Waals surface area contributed by atoms with Gasteiger partial charge in [-0.05, 0) is 18.6 Å². The minimum Gasteiger partial charge on any atom is -0.463 e. The van der Waals surface area contributed by atoms with Crippen LogP contribution < -0.4 is 0 Å². The van der Waals surface area contributed by atoms with Crippen molar-refractivity contribution in [2.24, 2.45) is 0 Å². The first-order chi connectivity index (χ1) is 21.7. The highest BCUT2D eigenvalue weighted by Crippen LogP contribution is 2.08. The average Bonchev–Trinajstić information content (AvgIpc) is 3.04. The molecule has 0 N–H and O–H groups in total. The zero-order valence-electron chi connectivity index (χ0n) is 26.8. The van der Waals surface area contributed by atoms with E-state index in [0.29, 0.717) is 104 Å². The number of ether oxygens (including phenoxy) is 9.